The van der Waals surface area contributed by atoms with Crippen molar-refractivity contribution in [3.8, 4) is 22.5 Å². The number of aromatic nitrogens is 6. The Morgan fingerprint density at radius 2 is 1.13 bits per heavy atom. The summed E-state index contributed by atoms with van der Waals surface area (Å²) in [6.07, 6.45) is 3.76. The van der Waals surface area contributed by atoms with Crippen molar-refractivity contribution in [3.63, 3.8) is 0 Å². The molecule has 0 saturated carbocycles. The average molecular weight is 737 g/mol. The third-order valence-corrected chi connectivity index (χ3v) is 10.1. The van der Waals surface area contributed by atoms with Gasteiger partial charge < -0.3 is 29.3 Å². The lowest BCUT2D eigenvalue weighted by atomic mass is 10.1. The molecule has 0 bridgehead atoms. The summed E-state index contributed by atoms with van der Waals surface area (Å²) in [6, 6.07) is 22.8. The Morgan fingerprint density at radius 1 is 0.618 bits per heavy atom. The van der Waals surface area contributed by atoms with Gasteiger partial charge in [-0.05, 0) is 55.5 Å². The van der Waals surface area contributed by atoms with Crippen molar-refractivity contribution in [1.82, 2.24) is 39.4 Å². The van der Waals surface area contributed by atoms with Gasteiger partial charge in [0.15, 0.2) is 22.9 Å². The molecule has 14 heteroatoms. The number of oxazole rings is 2. The highest BCUT2D eigenvalue weighted by atomic mass is 16.3. The van der Waals surface area contributed by atoms with Crippen molar-refractivity contribution in [3.05, 3.63) is 118 Å². The van der Waals surface area contributed by atoms with Crippen molar-refractivity contribution >= 4 is 44.9 Å². The molecule has 10 rings (SSSR count). The zero-order chi connectivity index (χ0) is 37.6. The average Bonchev–Trinajstić information content (AvgIpc) is 3.77. The molecule has 2 N–H and O–H groups in total. The van der Waals surface area contributed by atoms with E-state index in [2.05, 4.69) is 42.3 Å². The first-order valence-corrected chi connectivity index (χ1v) is 18.5. The molecule has 2 aliphatic heterocycles. The maximum absolute atomic E-state index is 12.8. The molecule has 14 nitrogen and oxygen atoms in total. The summed E-state index contributed by atoms with van der Waals surface area (Å²) in [5, 5.41) is 6.77. The molecular formula is C41H40N10O4. The lowest BCUT2D eigenvalue weighted by molar-refractivity contribution is 0.484. The zero-order valence-corrected chi connectivity index (χ0v) is 30.8. The summed E-state index contributed by atoms with van der Waals surface area (Å²) < 4.78 is 14.4. The summed E-state index contributed by atoms with van der Waals surface area (Å²) in [4.78, 5) is 48.1. The van der Waals surface area contributed by atoms with Gasteiger partial charge in [-0.15, -0.1) is 0 Å². The predicted octanol–water partition coefficient (Wildman–Crippen LogP) is 4.83. The summed E-state index contributed by atoms with van der Waals surface area (Å²) in [5.41, 5.74) is 9.07. The molecule has 6 aromatic heterocycles. The van der Waals surface area contributed by atoms with E-state index in [1.165, 1.54) is 0 Å². The van der Waals surface area contributed by atoms with E-state index in [0.717, 1.165) is 79.3 Å². The van der Waals surface area contributed by atoms with Gasteiger partial charge in [-0.1, -0.05) is 12.1 Å². The van der Waals surface area contributed by atoms with Gasteiger partial charge in [0.25, 0.3) is 11.1 Å². The molecule has 2 aromatic carbocycles. The molecule has 2 aliphatic rings. The second kappa shape index (κ2) is 14.1. The minimum atomic E-state index is -0.0983. The van der Waals surface area contributed by atoms with E-state index in [-0.39, 0.29) is 11.1 Å². The number of pyridine rings is 2. The Hall–Kier alpha value is -6.38. The number of rotatable bonds is 4. The van der Waals surface area contributed by atoms with Gasteiger partial charge >= 0.3 is 0 Å². The maximum atomic E-state index is 12.8. The molecule has 278 valence electrons. The Labute approximate surface area is 315 Å². The quantitative estimate of drug-likeness (QED) is 0.255. The second-order valence-electron chi connectivity index (χ2n) is 14.1. The molecule has 0 aliphatic carbocycles. The standard InChI is InChI=1S/C21H21N5O2.C20H19N5O2/c1-13-11-25(8-7-22-13)16-4-6-20-24-18(10-21(27)26(20)12-16)15-3-5-17-19(9-15)28-14(2)23-17;1-13-22-16-4-2-14(10-18(16)27-13)17-11-20(26)25-12-15(3-5-19(25)23-17)24-8-6-21-7-9-24/h3-6,9-10,12-13,22H,7-8,11H2,1-2H3;2-5,10-12,21H,6-9H2,1H3/t13-;/m0./s1. The van der Waals surface area contributed by atoms with Gasteiger partial charge in [0.05, 0.1) is 22.8 Å². The van der Waals surface area contributed by atoms with Crippen molar-refractivity contribution in [1.29, 1.82) is 0 Å². The van der Waals surface area contributed by atoms with Crippen molar-refractivity contribution in [2.24, 2.45) is 0 Å². The third kappa shape index (κ3) is 6.93. The van der Waals surface area contributed by atoms with E-state index < -0.39 is 0 Å². The van der Waals surface area contributed by atoms with E-state index >= 15 is 0 Å². The van der Waals surface area contributed by atoms with Crippen LogP contribution in [0.1, 0.15) is 18.7 Å². The van der Waals surface area contributed by atoms with Gasteiger partial charge in [0.1, 0.15) is 22.3 Å². The molecule has 0 spiro atoms. The predicted molar refractivity (Wildman–Crippen MR) is 213 cm³/mol. The molecule has 8 heterocycles. The van der Waals surface area contributed by atoms with Crippen LogP contribution in [-0.2, 0) is 0 Å². The van der Waals surface area contributed by atoms with Gasteiger partial charge in [0, 0.05) is 101 Å². The third-order valence-electron chi connectivity index (χ3n) is 10.1. The van der Waals surface area contributed by atoms with Crippen LogP contribution in [0.3, 0.4) is 0 Å². The zero-order valence-electron chi connectivity index (χ0n) is 30.8. The number of nitrogens with one attached hydrogen (secondary N) is 2. The Balaban J connectivity index is 0.000000144. The monoisotopic (exact) mass is 736 g/mol. The van der Waals surface area contributed by atoms with Crippen LogP contribution in [0.25, 0.3) is 56.0 Å². The summed E-state index contributed by atoms with van der Waals surface area (Å²) >= 11 is 0. The number of anilines is 2. The van der Waals surface area contributed by atoms with Gasteiger partial charge in [0.2, 0.25) is 0 Å². The van der Waals surface area contributed by atoms with Crippen molar-refractivity contribution in [2.45, 2.75) is 26.8 Å². The van der Waals surface area contributed by atoms with Gasteiger partial charge in [-0.2, -0.15) is 0 Å². The van der Waals surface area contributed by atoms with Crippen LogP contribution in [0.2, 0.25) is 0 Å². The van der Waals surface area contributed by atoms with E-state index in [9.17, 15) is 9.59 Å². The number of benzene rings is 2. The number of hydrogen-bond acceptors (Lipinski definition) is 12. The molecule has 8 aromatic rings. The number of aryl methyl sites for hydroxylation is 2. The molecule has 1 atom stereocenters. The first-order valence-electron chi connectivity index (χ1n) is 18.5. The first kappa shape index (κ1) is 34.4. The maximum Gasteiger partial charge on any atom is 0.258 e. The van der Waals surface area contributed by atoms with Crippen molar-refractivity contribution < 1.29 is 8.83 Å². The fourth-order valence-electron chi connectivity index (χ4n) is 7.34. The minimum absolute atomic E-state index is 0.0965. The SMILES string of the molecule is Cc1nc2ccc(-c3cc(=O)n4cc(N5CCNCC5)ccc4n3)cc2o1.Cc1nc2ccc(-c3cc(=O)n4cc(N5CCN[C@@H](C)C5)ccc4n3)cc2o1. The molecule has 55 heavy (non-hydrogen) atoms. The summed E-state index contributed by atoms with van der Waals surface area (Å²) in [6.45, 7) is 12.4. The molecule has 2 saturated heterocycles. The summed E-state index contributed by atoms with van der Waals surface area (Å²) in [7, 11) is 0. The van der Waals surface area contributed by atoms with Crippen LogP contribution in [0.5, 0.6) is 0 Å². The van der Waals surface area contributed by atoms with E-state index in [4.69, 9.17) is 13.8 Å². The highest BCUT2D eigenvalue weighted by molar-refractivity contribution is 5.80. The highest BCUT2D eigenvalue weighted by Gasteiger charge is 2.18. The normalized spacial score (nSPS) is 16.2. The first-order chi connectivity index (χ1) is 26.7. The van der Waals surface area contributed by atoms with E-state index in [1.807, 2.05) is 86.9 Å². The number of hydrogen-bond donors (Lipinski definition) is 2. The van der Waals surface area contributed by atoms with Gasteiger partial charge in [-0.25, -0.2) is 19.9 Å². The van der Waals surface area contributed by atoms with Crippen LogP contribution >= 0.6 is 0 Å². The van der Waals surface area contributed by atoms with E-state index in [0.29, 0.717) is 51.7 Å². The van der Waals surface area contributed by atoms with Crippen LogP contribution in [-0.4, -0.2) is 80.6 Å². The molecule has 0 amide bonds. The molecule has 0 radical (unpaired) electrons. The fourth-order valence-corrected chi connectivity index (χ4v) is 7.34. The number of nitrogens with zero attached hydrogens (tertiary/aromatic N) is 8. The largest absolute Gasteiger partial charge is 0.441 e. The molecular weight excluding hydrogens is 697 g/mol. The topological polar surface area (TPSA) is 151 Å². The Kier molecular flexibility index (Phi) is 8.83. The van der Waals surface area contributed by atoms with Gasteiger partial charge in [-0.3, -0.25) is 18.4 Å². The Bertz CT molecular complexity index is 2830. The van der Waals surface area contributed by atoms with Crippen LogP contribution < -0.4 is 31.6 Å². The van der Waals surface area contributed by atoms with Crippen LogP contribution in [0.4, 0.5) is 11.4 Å². The highest BCUT2D eigenvalue weighted by Crippen LogP contribution is 2.26. The Morgan fingerprint density at radius 3 is 1.65 bits per heavy atom. The second-order valence-corrected chi connectivity index (χ2v) is 14.1. The van der Waals surface area contributed by atoms with Crippen LogP contribution in [0, 0.1) is 13.8 Å². The molecule has 0 unspecified atom stereocenters. The number of fused-ring (bicyclic) bond motifs is 4. The smallest absolute Gasteiger partial charge is 0.258 e. The van der Waals surface area contributed by atoms with Crippen molar-refractivity contribution in [2.75, 3.05) is 55.6 Å². The summed E-state index contributed by atoms with van der Waals surface area (Å²) in [5.74, 6) is 1.24. The van der Waals surface area contributed by atoms with Crippen LogP contribution in [0.15, 0.2) is 104 Å². The fraction of sp³-hybridized carbons (Fsp3) is 0.268. The minimum Gasteiger partial charge on any atom is -0.441 e. The van der Waals surface area contributed by atoms with E-state index in [1.54, 1.807) is 20.9 Å². The molecule has 2 fully saturated rings. The lowest BCUT2D eigenvalue weighted by Gasteiger charge is -2.33. The lowest BCUT2D eigenvalue weighted by Crippen LogP contribution is -2.49. The number of piperazine rings is 2.